The SMILES string of the molecule is CC(=O)N1CCC[C@H](C(=O)c2cnn(-c3ccccc3)c2N)C1. The number of rotatable bonds is 3. The molecule has 1 aliphatic rings. The molecule has 0 spiro atoms. The van der Waals surface area contributed by atoms with Crippen LogP contribution in [0.25, 0.3) is 5.69 Å². The van der Waals surface area contributed by atoms with Crippen molar-refractivity contribution in [1.82, 2.24) is 14.7 Å². The minimum absolute atomic E-state index is 0.00968. The summed E-state index contributed by atoms with van der Waals surface area (Å²) in [4.78, 5) is 26.0. The maximum Gasteiger partial charge on any atom is 0.219 e. The molecule has 1 fully saturated rings. The monoisotopic (exact) mass is 312 g/mol. The average Bonchev–Trinajstić information content (AvgIpc) is 2.96. The Labute approximate surface area is 134 Å². The number of nitrogens with zero attached hydrogens (tertiary/aromatic N) is 3. The fourth-order valence-electron chi connectivity index (χ4n) is 3.02. The van der Waals surface area contributed by atoms with Crippen LogP contribution >= 0.6 is 0 Å². The number of piperidine rings is 1. The van der Waals surface area contributed by atoms with E-state index in [-0.39, 0.29) is 17.6 Å². The maximum absolute atomic E-state index is 12.8. The molecule has 1 aromatic carbocycles. The zero-order valence-electron chi connectivity index (χ0n) is 13.1. The van der Waals surface area contributed by atoms with Crippen LogP contribution < -0.4 is 5.73 Å². The van der Waals surface area contributed by atoms with Crippen LogP contribution in [0.1, 0.15) is 30.1 Å². The third-order valence-electron chi connectivity index (χ3n) is 4.31. The first-order valence-electron chi connectivity index (χ1n) is 7.76. The molecule has 1 saturated heterocycles. The van der Waals surface area contributed by atoms with Crippen molar-refractivity contribution < 1.29 is 9.59 Å². The number of aromatic nitrogens is 2. The maximum atomic E-state index is 12.8. The number of likely N-dealkylation sites (tertiary alicyclic amines) is 1. The molecule has 23 heavy (non-hydrogen) atoms. The van der Waals surface area contributed by atoms with Crippen LogP contribution in [0, 0.1) is 5.92 Å². The molecule has 0 bridgehead atoms. The van der Waals surface area contributed by atoms with Gasteiger partial charge in [-0.2, -0.15) is 5.10 Å². The van der Waals surface area contributed by atoms with Gasteiger partial charge in [0.25, 0.3) is 0 Å². The number of carbonyl (C=O) groups excluding carboxylic acids is 2. The lowest BCUT2D eigenvalue weighted by molar-refractivity contribution is -0.130. The Morgan fingerprint density at radius 3 is 2.70 bits per heavy atom. The molecule has 2 aromatic rings. The number of para-hydroxylation sites is 1. The van der Waals surface area contributed by atoms with Gasteiger partial charge >= 0.3 is 0 Å². The number of Topliss-reactive ketones (excluding diaryl/α,β-unsaturated/α-hetero) is 1. The first-order chi connectivity index (χ1) is 11.1. The zero-order chi connectivity index (χ0) is 16.4. The van der Waals surface area contributed by atoms with Gasteiger partial charge in [-0.3, -0.25) is 9.59 Å². The van der Waals surface area contributed by atoms with E-state index in [1.807, 2.05) is 30.3 Å². The molecular weight excluding hydrogens is 292 g/mol. The Morgan fingerprint density at radius 2 is 2.00 bits per heavy atom. The van der Waals surface area contributed by atoms with Gasteiger partial charge in [-0.25, -0.2) is 4.68 Å². The first-order valence-corrected chi connectivity index (χ1v) is 7.76. The molecule has 2 heterocycles. The lowest BCUT2D eigenvalue weighted by Crippen LogP contribution is -2.41. The molecule has 3 rings (SSSR count). The molecule has 1 amide bonds. The third-order valence-corrected chi connectivity index (χ3v) is 4.31. The normalized spacial score (nSPS) is 18.0. The van der Waals surface area contributed by atoms with Crippen LogP contribution in [0.5, 0.6) is 0 Å². The number of carbonyl (C=O) groups is 2. The number of nitrogen functional groups attached to an aromatic ring is 1. The number of amides is 1. The molecule has 120 valence electrons. The number of nitrogens with two attached hydrogens (primary N) is 1. The largest absolute Gasteiger partial charge is 0.383 e. The average molecular weight is 312 g/mol. The van der Waals surface area contributed by atoms with E-state index in [0.717, 1.165) is 25.1 Å². The minimum Gasteiger partial charge on any atom is -0.383 e. The predicted molar refractivity (Wildman–Crippen MR) is 87.3 cm³/mol. The Balaban J connectivity index is 1.83. The van der Waals surface area contributed by atoms with E-state index in [2.05, 4.69) is 5.10 Å². The Morgan fingerprint density at radius 1 is 1.26 bits per heavy atom. The highest BCUT2D eigenvalue weighted by molar-refractivity contribution is 6.02. The zero-order valence-corrected chi connectivity index (χ0v) is 13.1. The first kappa shape index (κ1) is 15.3. The van der Waals surface area contributed by atoms with Crippen molar-refractivity contribution in [2.24, 2.45) is 5.92 Å². The Bertz CT molecular complexity index is 723. The van der Waals surface area contributed by atoms with Crippen molar-refractivity contribution in [2.45, 2.75) is 19.8 Å². The minimum atomic E-state index is -0.205. The van der Waals surface area contributed by atoms with Gasteiger partial charge in [-0.05, 0) is 25.0 Å². The van der Waals surface area contributed by atoms with Crippen LogP contribution in [0.4, 0.5) is 5.82 Å². The standard InChI is InChI=1S/C17H20N4O2/c1-12(22)20-9-5-6-13(11-20)16(23)15-10-19-21(17(15)18)14-7-3-2-4-8-14/h2-4,7-8,10,13H,5-6,9,11,18H2,1H3/t13-/m0/s1. The number of hydrogen-bond donors (Lipinski definition) is 1. The van der Waals surface area contributed by atoms with Crippen LogP contribution in [0.2, 0.25) is 0 Å². The van der Waals surface area contributed by atoms with Gasteiger partial charge in [0.2, 0.25) is 5.91 Å². The quantitative estimate of drug-likeness (QED) is 0.878. The lowest BCUT2D eigenvalue weighted by Gasteiger charge is -2.31. The van der Waals surface area contributed by atoms with Crippen molar-refractivity contribution in [2.75, 3.05) is 18.8 Å². The van der Waals surface area contributed by atoms with Crippen molar-refractivity contribution >= 4 is 17.5 Å². The van der Waals surface area contributed by atoms with Crippen molar-refractivity contribution in [3.8, 4) is 5.69 Å². The molecule has 1 atom stereocenters. The second-order valence-electron chi connectivity index (χ2n) is 5.86. The molecule has 0 unspecified atom stereocenters. The molecule has 0 saturated carbocycles. The molecule has 1 aromatic heterocycles. The summed E-state index contributed by atoms with van der Waals surface area (Å²) >= 11 is 0. The summed E-state index contributed by atoms with van der Waals surface area (Å²) in [5.74, 6) is 0.121. The van der Waals surface area contributed by atoms with Crippen LogP contribution in [-0.2, 0) is 4.79 Å². The number of hydrogen-bond acceptors (Lipinski definition) is 4. The molecule has 6 heteroatoms. The van der Waals surface area contributed by atoms with Gasteiger partial charge in [-0.1, -0.05) is 18.2 Å². The number of ketones is 1. The van der Waals surface area contributed by atoms with Gasteiger partial charge in [0, 0.05) is 25.9 Å². The van der Waals surface area contributed by atoms with Crippen molar-refractivity contribution in [3.63, 3.8) is 0 Å². The lowest BCUT2D eigenvalue weighted by atomic mass is 9.91. The predicted octanol–water partition coefficient (Wildman–Crippen LogP) is 1.90. The second kappa shape index (κ2) is 6.24. The van der Waals surface area contributed by atoms with E-state index in [1.54, 1.807) is 9.58 Å². The smallest absolute Gasteiger partial charge is 0.219 e. The number of anilines is 1. The summed E-state index contributed by atoms with van der Waals surface area (Å²) < 4.78 is 1.57. The van der Waals surface area contributed by atoms with Gasteiger partial charge in [0.05, 0.1) is 17.4 Å². The molecule has 0 aliphatic carbocycles. The second-order valence-corrected chi connectivity index (χ2v) is 5.86. The summed E-state index contributed by atoms with van der Waals surface area (Å²) in [6, 6.07) is 9.46. The molecule has 0 radical (unpaired) electrons. The van der Waals surface area contributed by atoms with Crippen LogP contribution in [-0.4, -0.2) is 39.5 Å². The summed E-state index contributed by atoms with van der Waals surface area (Å²) in [5, 5.41) is 4.25. The fraction of sp³-hybridized carbons (Fsp3) is 0.353. The summed E-state index contributed by atoms with van der Waals surface area (Å²) in [6.07, 6.45) is 3.14. The van der Waals surface area contributed by atoms with Crippen LogP contribution in [0.15, 0.2) is 36.5 Å². The van der Waals surface area contributed by atoms with Crippen molar-refractivity contribution in [1.29, 1.82) is 0 Å². The van der Waals surface area contributed by atoms with Crippen molar-refractivity contribution in [3.05, 3.63) is 42.1 Å². The Hall–Kier alpha value is -2.63. The van der Waals surface area contributed by atoms with Gasteiger partial charge in [0.15, 0.2) is 5.78 Å². The van der Waals surface area contributed by atoms with Gasteiger partial charge in [0.1, 0.15) is 5.82 Å². The highest BCUT2D eigenvalue weighted by atomic mass is 16.2. The topological polar surface area (TPSA) is 81.2 Å². The molecule has 2 N–H and O–H groups in total. The van der Waals surface area contributed by atoms with Gasteiger partial charge in [-0.15, -0.1) is 0 Å². The van der Waals surface area contributed by atoms with E-state index in [0.29, 0.717) is 17.9 Å². The Kier molecular flexibility index (Phi) is 4.14. The molecule has 6 nitrogen and oxygen atoms in total. The third kappa shape index (κ3) is 2.97. The fourth-order valence-corrected chi connectivity index (χ4v) is 3.02. The summed E-state index contributed by atoms with van der Waals surface area (Å²) in [7, 11) is 0. The highest BCUT2D eigenvalue weighted by Gasteiger charge is 2.30. The van der Waals surface area contributed by atoms with Gasteiger partial charge < -0.3 is 10.6 Å². The molecule has 1 aliphatic heterocycles. The van der Waals surface area contributed by atoms with E-state index >= 15 is 0 Å². The summed E-state index contributed by atoms with van der Waals surface area (Å²) in [5.41, 5.74) is 7.39. The highest BCUT2D eigenvalue weighted by Crippen LogP contribution is 2.25. The summed E-state index contributed by atoms with van der Waals surface area (Å²) in [6.45, 7) is 2.72. The van der Waals surface area contributed by atoms with E-state index in [1.165, 1.54) is 13.1 Å². The van der Waals surface area contributed by atoms with E-state index < -0.39 is 0 Å². The molecular formula is C17H20N4O2. The van der Waals surface area contributed by atoms with E-state index in [4.69, 9.17) is 5.73 Å². The number of benzene rings is 1. The van der Waals surface area contributed by atoms with E-state index in [9.17, 15) is 9.59 Å². The van der Waals surface area contributed by atoms with Crippen LogP contribution in [0.3, 0.4) is 0 Å².